The maximum atomic E-state index is 10.6. The number of rotatable bonds is 2. The summed E-state index contributed by atoms with van der Waals surface area (Å²) in [5.74, 6) is 0. The van der Waals surface area contributed by atoms with Gasteiger partial charge in [-0.25, -0.2) is 0 Å². The minimum Gasteiger partial charge on any atom is -0.389 e. The van der Waals surface area contributed by atoms with Gasteiger partial charge in [0.1, 0.15) is 0 Å². The lowest BCUT2D eigenvalue weighted by atomic mass is 9.69. The van der Waals surface area contributed by atoms with E-state index in [1.54, 1.807) is 0 Å². The van der Waals surface area contributed by atoms with Gasteiger partial charge in [-0.1, -0.05) is 52.0 Å². The summed E-state index contributed by atoms with van der Waals surface area (Å²) in [6.45, 7) is 8.04. The van der Waals surface area contributed by atoms with Gasteiger partial charge in [-0.15, -0.1) is 6.58 Å². The number of hydrogen-bond acceptors (Lipinski definition) is 1. The van der Waals surface area contributed by atoms with Gasteiger partial charge in [0.2, 0.25) is 0 Å². The van der Waals surface area contributed by atoms with Crippen LogP contribution in [0.15, 0.2) is 12.7 Å². The SMILES string of the molecule is C=CC(C)(C)C1(O)CCCCCCC1. The normalized spacial score (nSPS) is 23.6. The molecule has 1 saturated carbocycles. The molecule has 1 aliphatic rings. The van der Waals surface area contributed by atoms with Gasteiger partial charge in [-0.2, -0.15) is 0 Å². The highest BCUT2D eigenvalue weighted by Gasteiger charge is 2.40. The number of hydrogen-bond donors (Lipinski definition) is 1. The van der Waals surface area contributed by atoms with Crippen molar-refractivity contribution in [3.8, 4) is 0 Å². The van der Waals surface area contributed by atoms with Crippen LogP contribution in [0.1, 0.15) is 58.8 Å². The average molecular weight is 196 g/mol. The summed E-state index contributed by atoms with van der Waals surface area (Å²) in [4.78, 5) is 0. The molecular weight excluding hydrogens is 172 g/mol. The highest BCUT2D eigenvalue weighted by molar-refractivity contribution is 5.03. The zero-order chi connectivity index (χ0) is 10.7. The summed E-state index contributed by atoms with van der Waals surface area (Å²) >= 11 is 0. The Balaban J connectivity index is 2.72. The molecule has 1 nitrogen and oxygen atoms in total. The molecule has 0 aromatic carbocycles. The maximum absolute atomic E-state index is 10.6. The summed E-state index contributed by atoms with van der Waals surface area (Å²) in [6, 6.07) is 0. The van der Waals surface area contributed by atoms with Crippen molar-refractivity contribution >= 4 is 0 Å². The monoisotopic (exact) mass is 196 g/mol. The van der Waals surface area contributed by atoms with E-state index in [0.717, 1.165) is 25.7 Å². The van der Waals surface area contributed by atoms with Crippen LogP contribution in [-0.2, 0) is 0 Å². The van der Waals surface area contributed by atoms with Crippen molar-refractivity contribution in [2.45, 2.75) is 64.4 Å². The molecule has 0 radical (unpaired) electrons. The van der Waals surface area contributed by atoms with Gasteiger partial charge in [0.05, 0.1) is 5.60 Å². The van der Waals surface area contributed by atoms with Crippen LogP contribution in [0.2, 0.25) is 0 Å². The standard InChI is InChI=1S/C13H24O/c1-4-12(2,3)13(14)10-8-6-5-7-9-11-13/h4,14H,1,5-11H2,2-3H3. The molecule has 1 rings (SSSR count). The molecule has 0 bridgehead atoms. The van der Waals surface area contributed by atoms with Crippen molar-refractivity contribution in [1.82, 2.24) is 0 Å². The Morgan fingerprint density at radius 3 is 1.93 bits per heavy atom. The van der Waals surface area contributed by atoms with E-state index in [4.69, 9.17) is 0 Å². The van der Waals surface area contributed by atoms with Crippen molar-refractivity contribution in [3.05, 3.63) is 12.7 Å². The first-order valence-electron chi connectivity index (χ1n) is 5.88. The molecule has 0 unspecified atom stereocenters. The second-order valence-corrected chi connectivity index (χ2v) is 5.23. The van der Waals surface area contributed by atoms with Crippen molar-refractivity contribution in [2.24, 2.45) is 5.41 Å². The first-order chi connectivity index (χ1) is 6.52. The van der Waals surface area contributed by atoms with Crippen LogP contribution < -0.4 is 0 Å². The summed E-state index contributed by atoms with van der Waals surface area (Å²) in [6.07, 6.45) is 9.99. The van der Waals surface area contributed by atoms with Crippen LogP contribution in [0, 0.1) is 5.41 Å². The van der Waals surface area contributed by atoms with Gasteiger partial charge in [0, 0.05) is 5.41 Å². The lowest BCUT2D eigenvalue weighted by molar-refractivity contribution is -0.0625. The minimum atomic E-state index is -0.519. The fourth-order valence-corrected chi connectivity index (χ4v) is 2.32. The molecule has 0 atom stereocenters. The highest BCUT2D eigenvalue weighted by atomic mass is 16.3. The molecule has 82 valence electrons. The zero-order valence-corrected chi connectivity index (χ0v) is 9.68. The third-order valence-corrected chi connectivity index (χ3v) is 3.89. The van der Waals surface area contributed by atoms with Crippen LogP contribution in [0.3, 0.4) is 0 Å². The quantitative estimate of drug-likeness (QED) is 0.668. The summed E-state index contributed by atoms with van der Waals surface area (Å²) < 4.78 is 0. The van der Waals surface area contributed by atoms with E-state index < -0.39 is 5.60 Å². The van der Waals surface area contributed by atoms with Gasteiger partial charge in [0.15, 0.2) is 0 Å². The van der Waals surface area contributed by atoms with E-state index in [9.17, 15) is 5.11 Å². The lowest BCUT2D eigenvalue weighted by Gasteiger charge is -2.42. The minimum absolute atomic E-state index is 0.148. The second kappa shape index (κ2) is 4.48. The Morgan fingerprint density at radius 2 is 1.50 bits per heavy atom. The second-order valence-electron chi connectivity index (χ2n) is 5.23. The number of aliphatic hydroxyl groups is 1. The van der Waals surface area contributed by atoms with Crippen molar-refractivity contribution < 1.29 is 5.11 Å². The molecule has 0 aromatic rings. The molecule has 0 aromatic heterocycles. The van der Waals surface area contributed by atoms with E-state index in [2.05, 4.69) is 20.4 Å². The summed E-state index contributed by atoms with van der Waals surface area (Å²) in [5, 5.41) is 10.6. The Labute approximate surface area is 88.2 Å². The van der Waals surface area contributed by atoms with Crippen LogP contribution in [0.4, 0.5) is 0 Å². The zero-order valence-electron chi connectivity index (χ0n) is 9.68. The van der Waals surface area contributed by atoms with Crippen LogP contribution in [-0.4, -0.2) is 10.7 Å². The maximum Gasteiger partial charge on any atom is 0.0732 e. The van der Waals surface area contributed by atoms with E-state index >= 15 is 0 Å². The Bertz CT molecular complexity index is 185. The van der Waals surface area contributed by atoms with E-state index in [-0.39, 0.29) is 5.41 Å². The van der Waals surface area contributed by atoms with Gasteiger partial charge in [-0.3, -0.25) is 0 Å². The molecule has 0 amide bonds. The molecule has 0 saturated heterocycles. The Kier molecular flexibility index (Phi) is 3.77. The Morgan fingerprint density at radius 1 is 1.07 bits per heavy atom. The predicted molar refractivity (Wildman–Crippen MR) is 61.2 cm³/mol. The van der Waals surface area contributed by atoms with Gasteiger partial charge >= 0.3 is 0 Å². The molecule has 0 heterocycles. The van der Waals surface area contributed by atoms with Gasteiger partial charge in [0.25, 0.3) is 0 Å². The van der Waals surface area contributed by atoms with E-state index in [0.29, 0.717) is 0 Å². The van der Waals surface area contributed by atoms with Gasteiger partial charge < -0.3 is 5.11 Å². The average Bonchev–Trinajstić information content (AvgIpc) is 2.11. The van der Waals surface area contributed by atoms with Crippen LogP contribution in [0.5, 0.6) is 0 Å². The van der Waals surface area contributed by atoms with Crippen molar-refractivity contribution in [2.75, 3.05) is 0 Å². The van der Waals surface area contributed by atoms with Crippen LogP contribution >= 0.6 is 0 Å². The third-order valence-electron chi connectivity index (χ3n) is 3.89. The smallest absolute Gasteiger partial charge is 0.0732 e. The first kappa shape index (κ1) is 11.8. The largest absolute Gasteiger partial charge is 0.389 e. The van der Waals surface area contributed by atoms with Crippen molar-refractivity contribution in [1.29, 1.82) is 0 Å². The molecule has 0 aliphatic heterocycles. The highest BCUT2D eigenvalue weighted by Crippen LogP contribution is 2.41. The fraction of sp³-hybridized carbons (Fsp3) is 0.846. The fourth-order valence-electron chi connectivity index (χ4n) is 2.32. The molecule has 1 fully saturated rings. The summed E-state index contributed by atoms with van der Waals surface area (Å²) in [5.41, 5.74) is -0.667. The molecule has 1 aliphatic carbocycles. The Hall–Kier alpha value is -0.300. The molecular formula is C13H24O. The molecule has 0 spiro atoms. The van der Waals surface area contributed by atoms with E-state index in [1.807, 2.05) is 6.08 Å². The summed E-state index contributed by atoms with van der Waals surface area (Å²) in [7, 11) is 0. The lowest BCUT2D eigenvalue weighted by Crippen LogP contribution is -2.43. The van der Waals surface area contributed by atoms with E-state index in [1.165, 1.54) is 19.3 Å². The molecule has 14 heavy (non-hydrogen) atoms. The van der Waals surface area contributed by atoms with Gasteiger partial charge in [-0.05, 0) is 12.8 Å². The topological polar surface area (TPSA) is 20.2 Å². The molecule has 1 heteroatoms. The van der Waals surface area contributed by atoms with Crippen LogP contribution in [0.25, 0.3) is 0 Å². The predicted octanol–water partition coefficient (Wildman–Crippen LogP) is 3.67. The first-order valence-corrected chi connectivity index (χ1v) is 5.88. The van der Waals surface area contributed by atoms with Crippen molar-refractivity contribution in [3.63, 3.8) is 0 Å². The molecule has 1 N–H and O–H groups in total. The third kappa shape index (κ3) is 2.38.